The van der Waals surface area contributed by atoms with E-state index in [-0.39, 0.29) is 0 Å². The summed E-state index contributed by atoms with van der Waals surface area (Å²) in [7, 11) is 0. The molecule has 69 valence electrons. The summed E-state index contributed by atoms with van der Waals surface area (Å²) in [5, 5.41) is 12.6. The van der Waals surface area contributed by atoms with E-state index in [1.807, 2.05) is 6.92 Å². The topological polar surface area (TPSA) is 43.8 Å². The van der Waals surface area contributed by atoms with Gasteiger partial charge in [0.1, 0.15) is 6.23 Å². The van der Waals surface area contributed by atoms with E-state index in [1.165, 1.54) is 5.01 Å². The molecule has 1 saturated heterocycles. The Hall–Kier alpha value is -0.610. The number of hydrazine groups is 1. The second-order valence-corrected chi connectivity index (χ2v) is 2.95. The van der Waals surface area contributed by atoms with Gasteiger partial charge in [0, 0.05) is 13.1 Å². The average Bonchev–Trinajstić information content (AvgIpc) is 2.10. The first kappa shape index (κ1) is 9.48. The smallest absolute Gasteiger partial charge is 0.327 e. The average molecular weight is 171 g/mol. The van der Waals surface area contributed by atoms with E-state index in [0.717, 1.165) is 25.8 Å². The third-order valence-corrected chi connectivity index (χ3v) is 2.16. The van der Waals surface area contributed by atoms with E-state index < -0.39 is 6.23 Å². The van der Waals surface area contributed by atoms with Crippen molar-refractivity contribution in [3.63, 3.8) is 0 Å². The number of amides is 1. The summed E-state index contributed by atoms with van der Waals surface area (Å²) in [4.78, 5) is 10.4. The van der Waals surface area contributed by atoms with Crippen molar-refractivity contribution in [2.24, 2.45) is 0 Å². The number of aliphatic hydroxyl groups is 1. The Labute approximate surface area is 72.7 Å². The predicted octanol–water partition coefficient (Wildman–Crippen LogP) is 0.0948. The zero-order valence-corrected chi connectivity index (χ0v) is 7.36. The number of piperidine rings is 1. The molecular weight excluding hydrogens is 156 g/mol. The van der Waals surface area contributed by atoms with Gasteiger partial charge in [-0.3, -0.25) is 9.80 Å². The van der Waals surface area contributed by atoms with Gasteiger partial charge >= 0.3 is 6.41 Å². The van der Waals surface area contributed by atoms with E-state index in [9.17, 15) is 9.90 Å². The van der Waals surface area contributed by atoms with Crippen LogP contribution in [-0.2, 0) is 4.79 Å². The minimum Gasteiger partial charge on any atom is -0.377 e. The molecule has 1 unspecified atom stereocenters. The van der Waals surface area contributed by atoms with E-state index >= 15 is 0 Å². The van der Waals surface area contributed by atoms with E-state index in [1.54, 1.807) is 11.4 Å². The van der Waals surface area contributed by atoms with Crippen LogP contribution in [0.15, 0.2) is 0 Å². The number of aliphatic hydroxyl groups excluding tert-OH is 1. The fourth-order valence-corrected chi connectivity index (χ4v) is 1.48. The summed E-state index contributed by atoms with van der Waals surface area (Å²) >= 11 is 0. The van der Waals surface area contributed by atoms with Crippen LogP contribution >= 0.6 is 0 Å². The number of carbonyl (C=O) groups excluding carboxylic acids is 1. The molecule has 0 saturated carbocycles. The fourth-order valence-electron chi connectivity index (χ4n) is 1.48. The molecule has 1 atom stereocenters. The van der Waals surface area contributed by atoms with E-state index in [0.29, 0.717) is 6.54 Å². The molecule has 1 radical (unpaired) electrons. The lowest BCUT2D eigenvalue weighted by Crippen LogP contribution is -2.50. The molecule has 1 rings (SSSR count). The van der Waals surface area contributed by atoms with Crippen LogP contribution in [0.3, 0.4) is 0 Å². The highest BCUT2D eigenvalue weighted by Crippen LogP contribution is 2.15. The van der Waals surface area contributed by atoms with Gasteiger partial charge in [-0.1, -0.05) is 0 Å². The Morgan fingerprint density at radius 2 is 2.42 bits per heavy atom. The molecular formula is C8H15N2O2. The van der Waals surface area contributed by atoms with Crippen LogP contribution < -0.4 is 0 Å². The summed E-state index contributed by atoms with van der Waals surface area (Å²) in [5.74, 6) is 0. The second kappa shape index (κ2) is 4.42. The second-order valence-electron chi connectivity index (χ2n) is 2.95. The lowest BCUT2D eigenvalue weighted by atomic mass is 10.1. The Morgan fingerprint density at radius 3 is 2.92 bits per heavy atom. The van der Waals surface area contributed by atoms with Crippen molar-refractivity contribution in [3.05, 3.63) is 0 Å². The third kappa shape index (κ3) is 1.95. The summed E-state index contributed by atoms with van der Waals surface area (Å²) in [6.07, 6.45) is 4.12. The zero-order chi connectivity index (χ0) is 8.97. The lowest BCUT2D eigenvalue weighted by Gasteiger charge is -2.37. The van der Waals surface area contributed by atoms with Crippen molar-refractivity contribution < 1.29 is 9.90 Å². The van der Waals surface area contributed by atoms with Gasteiger partial charge in [0.2, 0.25) is 0 Å². The van der Waals surface area contributed by atoms with Crippen molar-refractivity contribution in [3.8, 4) is 0 Å². The maximum atomic E-state index is 10.4. The summed E-state index contributed by atoms with van der Waals surface area (Å²) in [6, 6.07) is 0. The van der Waals surface area contributed by atoms with Gasteiger partial charge in [0.15, 0.2) is 0 Å². The Bertz CT molecular complexity index is 152. The zero-order valence-electron chi connectivity index (χ0n) is 7.36. The minimum absolute atomic E-state index is 0.500. The highest BCUT2D eigenvalue weighted by molar-refractivity contribution is 5.47. The number of hydrogen-bond donors (Lipinski definition) is 1. The van der Waals surface area contributed by atoms with Gasteiger partial charge in [0.05, 0.1) is 0 Å². The van der Waals surface area contributed by atoms with Gasteiger partial charge in [0.25, 0.3) is 0 Å². The first-order chi connectivity index (χ1) is 5.79. The van der Waals surface area contributed by atoms with Gasteiger partial charge in [-0.2, -0.15) is 5.01 Å². The van der Waals surface area contributed by atoms with Crippen molar-refractivity contribution in [1.82, 2.24) is 10.0 Å². The van der Waals surface area contributed by atoms with E-state index in [2.05, 4.69) is 0 Å². The fraction of sp³-hybridized carbons (Fsp3) is 0.875. The van der Waals surface area contributed by atoms with Crippen LogP contribution in [0.25, 0.3) is 0 Å². The molecule has 1 aliphatic heterocycles. The Morgan fingerprint density at radius 1 is 1.67 bits per heavy atom. The van der Waals surface area contributed by atoms with Gasteiger partial charge < -0.3 is 5.11 Å². The molecule has 1 fully saturated rings. The van der Waals surface area contributed by atoms with Crippen LogP contribution in [0, 0.1) is 0 Å². The Balaban J connectivity index is 2.51. The molecule has 0 aromatic rings. The van der Waals surface area contributed by atoms with Gasteiger partial charge in [-0.05, 0) is 26.2 Å². The van der Waals surface area contributed by atoms with E-state index in [4.69, 9.17) is 0 Å². The minimum atomic E-state index is -0.500. The first-order valence-electron chi connectivity index (χ1n) is 4.39. The molecule has 0 aromatic carbocycles. The summed E-state index contributed by atoms with van der Waals surface area (Å²) in [5.41, 5.74) is 0. The molecule has 0 aliphatic carbocycles. The van der Waals surface area contributed by atoms with Crippen LogP contribution in [0.2, 0.25) is 0 Å². The third-order valence-electron chi connectivity index (χ3n) is 2.16. The SMILES string of the molecule is CCN([C]=O)N1CCCCC1O. The number of nitrogens with zero attached hydrogens (tertiary/aromatic N) is 2. The number of hydrogen-bond acceptors (Lipinski definition) is 3. The number of rotatable bonds is 3. The standard InChI is InChI=1S/C8H15N2O2/c1-2-9(7-11)10-6-4-3-5-8(10)12/h8,12H,2-6H2,1H3. The Kier molecular flexibility index (Phi) is 3.49. The molecule has 0 bridgehead atoms. The van der Waals surface area contributed by atoms with Gasteiger partial charge in [-0.15, -0.1) is 0 Å². The molecule has 0 spiro atoms. The quantitative estimate of drug-likeness (QED) is 0.612. The summed E-state index contributed by atoms with van der Waals surface area (Å²) in [6.45, 7) is 3.19. The monoisotopic (exact) mass is 171 g/mol. The van der Waals surface area contributed by atoms with Crippen molar-refractivity contribution >= 4 is 6.41 Å². The maximum absolute atomic E-state index is 10.4. The summed E-state index contributed by atoms with van der Waals surface area (Å²) < 4.78 is 0. The lowest BCUT2D eigenvalue weighted by molar-refractivity contribution is -0.120. The molecule has 4 heteroatoms. The van der Waals surface area contributed by atoms with Crippen LogP contribution in [0.1, 0.15) is 26.2 Å². The predicted molar refractivity (Wildman–Crippen MR) is 44.6 cm³/mol. The highest BCUT2D eigenvalue weighted by atomic mass is 16.3. The normalized spacial score (nSPS) is 25.3. The molecule has 1 heterocycles. The first-order valence-corrected chi connectivity index (χ1v) is 4.39. The van der Waals surface area contributed by atoms with Crippen molar-refractivity contribution in [1.29, 1.82) is 0 Å². The molecule has 12 heavy (non-hydrogen) atoms. The van der Waals surface area contributed by atoms with Crippen LogP contribution in [0.5, 0.6) is 0 Å². The van der Waals surface area contributed by atoms with Crippen LogP contribution in [-0.4, -0.2) is 40.9 Å². The largest absolute Gasteiger partial charge is 0.377 e. The molecule has 4 nitrogen and oxygen atoms in total. The highest BCUT2D eigenvalue weighted by Gasteiger charge is 2.24. The van der Waals surface area contributed by atoms with Crippen molar-refractivity contribution in [2.75, 3.05) is 13.1 Å². The molecule has 1 aliphatic rings. The van der Waals surface area contributed by atoms with Gasteiger partial charge in [-0.25, -0.2) is 0 Å². The molecule has 1 N–H and O–H groups in total. The van der Waals surface area contributed by atoms with Crippen molar-refractivity contribution in [2.45, 2.75) is 32.4 Å². The maximum Gasteiger partial charge on any atom is 0.327 e. The molecule has 1 amide bonds. The van der Waals surface area contributed by atoms with Crippen LogP contribution in [0.4, 0.5) is 0 Å². The molecule has 0 aromatic heterocycles.